The number of carbonyl (C=O) groups is 2. The van der Waals surface area contributed by atoms with Gasteiger partial charge in [0, 0.05) is 13.2 Å². The van der Waals surface area contributed by atoms with Crippen molar-refractivity contribution < 1.29 is 9.59 Å². The number of Topliss-reactive ketones (excluding diaryl/α,β-unsaturated/α-hetero) is 1. The van der Waals surface area contributed by atoms with E-state index in [9.17, 15) is 9.59 Å². The molecule has 1 aliphatic rings. The SMILES string of the molecule is CCc1ccc2c(c1)C(=O)C(=O)N2Cc1ccn(C)n1. The summed E-state index contributed by atoms with van der Waals surface area (Å²) >= 11 is 0. The van der Waals surface area contributed by atoms with Crippen LogP contribution in [0.5, 0.6) is 0 Å². The van der Waals surface area contributed by atoms with Crippen molar-refractivity contribution in [3.05, 3.63) is 47.3 Å². The number of carbonyl (C=O) groups excluding carboxylic acids is 2. The molecule has 2 heterocycles. The number of ketones is 1. The van der Waals surface area contributed by atoms with Gasteiger partial charge in [-0.05, 0) is 30.2 Å². The minimum atomic E-state index is -0.473. The standard InChI is InChI=1S/C15H15N3O2/c1-3-10-4-5-13-12(8-10)14(19)15(20)18(13)9-11-6-7-17(2)16-11/h4-8H,3,9H2,1-2H3. The second-order valence-corrected chi connectivity index (χ2v) is 4.91. The molecule has 0 aliphatic carbocycles. The fourth-order valence-electron chi connectivity index (χ4n) is 2.43. The molecule has 0 fully saturated rings. The first-order valence-electron chi connectivity index (χ1n) is 6.57. The van der Waals surface area contributed by atoms with E-state index in [1.54, 1.807) is 4.68 Å². The molecule has 1 aromatic heterocycles. The zero-order valence-electron chi connectivity index (χ0n) is 11.5. The Balaban J connectivity index is 1.98. The summed E-state index contributed by atoms with van der Waals surface area (Å²) < 4.78 is 1.68. The van der Waals surface area contributed by atoms with Crippen molar-refractivity contribution in [2.45, 2.75) is 19.9 Å². The minimum absolute atomic E-state index is 0.323. The van der Waals surface area contributed by atoms with Gasteiger partial charge in [0.25, 0.3) is 11.7 Å². The highest BCUT2D eigenvalue weighted by Gasteiger charge is 2.36. The van der Waals surface area contributed by atoms with E-state index in [2.05, 4.69) is 5.10 Å². The molecule has 2 aromatic rings. The largest absolute Gasteiger partial charge is 0.299 e. The smallest absolute Gasteiger partial charge is 0.299 e. The summed E-state index contributed by atoms with van der Waals surface area (Å²) in [5.74, 6) is -0.898. The average molecular weight is 269 g/mol. The van der Waals surface area contributed by atoms with Gasteiger partial charge in [0.05, 0.1) is 23.5 Å². The second-order valence-electron chi connectivity index (χ2n) is 4.91. The highest BCUT2D eigenvalue weighted by molar-refractivity contribution is 6.52. The first kappa shape index (κ1) is 12.6. The van der Waals surface area contributed by atoms with Crippen LogP contribution in [0.4, 0.5) is 5.69 Å². The quantitative estimate of drug-likeness (QED) is 0.797. The third-order valence-corrected chi connectivity index (χ3v) is 3.53. The van der Waals surface area contributed by atoms with Crippen LogP contribution in [0.25, 0.3) is 0 Å². The van der Waals surface area contributed by atoms with Crippen molar-refractivity contribution in [2.24, 2.45) is 7.05 Å². The molecular weight excluding hydrogens is 254 g/mol. The van der Waals surface area contributed by atoms with Gasteiger partial charge in [0.2, 0.25) is 0 Å². The van der Waals surface area contributed by atoms with Crippen LogP contribution >= 0.6 is 0 Å². The number of hydrogen-bond acceptors (Lipinski definition) is 3. The monoisotopic (exact) mass is 269 g/mol. The molecule has 1 amide bonds. The zero-order valence-corrected chi connectivity index (χ0v) is 11.5. The molecular formula is C15H15N3O2. The highest BCUT2D eigenvalue weighted by Crippen LogP contribution is 2.31. The number of aromatic nitrogens is 2. The van der Waals surface area contributed by atoms with Crippen LogP contribution in [0.3, 0.4) is 0 Å². The Hall–Kier alpha value is -2.43. The molecule has 0 bridgehead atoms. The van der Waals surface area contributed by atoms with Crippen molar-refractivity contribution in [2.75, 3.05) is 4.90 Å². The number of anilines is 1. The molecule has 0 radical (unpaired) electrons. The van der Waals surface area contributed by atoms with E-state index >= 15 is 0 Å². The number of amides is 1. The number of hydrogen-bond donors (Lipinski definition) is 0. The predicted octanol–water partition coefficient (Wildman–Crippen LogP) is 1.71. The summed E-state index contributed by atoms with van der Waals surface area (Å²) in [6.45, 7) is 2.35. The van der Waals surface area contributed by atoms with Gasteiger partial charge in [0.1, 0.15) is 0 Å². The van der Waals surface area contributed by atoms with Gasteiger partial charge in [-0.15, -0.1) is 0 Å². The molecule has 102 valence electrons. The second kappa shape index (κ2) is 4.59. The van der Waals surface area contributed by atoms with Gasteiger partial charge in [-0.25, -0.2) is 0 Å². The van der Waals surface area contributed by atoms with Crippen molar-refractivity contribution in [1.29, 1.82) is 0 Å². The van der Waals surface area contributed by atoms with Gasteiger partial charge in [-0.3, -0.25) is 19.2 Å². The van der Waals surface area contributed by atoms with E-state index in [-0.39, 0.29) is 0 Å². The Kier molecular flexibility index (Phi) is 2.89. The molecule has 0 atom stereocenters. The number of fused-ring (bicyclic) bond motifs is 1. The summed E-state index contributed by atoms with van der Waals surface area (Å²) in [6, 6.07) is 7.46. The van der Waals surface area contributed by atoms with Crippen LogP contribution in [-0.4, -0.2) is 21.5 Å². The van der Waals surface area contributed by atoms with Crippen LogP contribution in [0.15, 0.2) is 30.5 Å². The number of nitrogens with zero attached hydrogens (tertiary/aromatic N) is 3. The van der Waals surface area contributed by atoms with Gasteiger partial charge in [0.15, 0.2) is 0 Å². The van der Waals surface area contributed by atoms with Gasteiger partial charge >= 0.3 is 0 Å². The Morgan fingerprint density at radius 3 is 2.65 bits per heavy atom. The first-order valence-corrected chi connectivity index (χ1v) is 6.57. The van der Waals surface area contributed by atoms with E-state index in [1.807, 2.05) is 44.4 Å². The van der Waals surface area contributed by atoms with E-state index in [1.165, 1.54) is 4.90 Å². The molecule has 0 spiro atoms. The lowest BCUT2D eigenvalue weighted by Crippen LogP contribution is -2.29. The molecule has 1 aliphatic heterocycles. The molecule has 0 saturated carbocycles. The van der Waals surface area contributed by atoms with Crippen molar-refractivity contribution in [1.82, 2.24) is 9.78 Å². The summed E-state index contributed by atoms with van der Waals surface area (Å²) in [4.78, 5) is 25.7. The lowest BCUT2D eigenvalue weighted by Gasteiger charge is -2.15. The highest BCUT2D eigenvalue weighted by atomic mass is 16.2. The Labute approximate surface area is 116 Å². The third-order valence-electron chi connectivity index (χ3n) is 3.53. The van der Waals surface area contributed by atoms with Crippen LogP contribution in [0.2, 0.25) is 0 Å². The van der Waals surface area contributed by atoms with Crippen molar-refractivity contribution >= 4 is 17.4 Å². The first-order chi connectivity index (χ1) is 9.60. The Bertz CT molecular complexity index is 703. The van der Waals surface area contributed by atoms with Crippen molar-refractivity contribution in [3.63, 3.8) is 0 Å². The molecule has 3 rings (SSSR count). The number of benzene rings is 1. The summed E-state index contributed by atoms with van der Waals surface area (Å²) in [5, 5.41) is 4.25. The molecule has 5 heteroatoms. The average Bonchev–Trinajstić information content (AvgIpc) is 2.96. The lowest BCUT2D eigenvalue weighted by molar-refractivity contribution is -0.114. The minimum Gasteiger partial charge on any atom is -0.299 e. The van der Waals surface area contributed by atoms with Crippen LogP contribution in [0, 0.1) is 0 Å². The summed E-state index contributed by atoms with van der Waals surface area (Å²) in [7, 11) is 1.82. The number of rotatable bonds is 3. The molecule has 0 N–H and O–H groups in total. The third kappa shape index (κ3) is 1.91. The molecule has 20 heavy (non-hydrogen) atoms. The van der Waals surface area contributed by atoms with E-state index in [4.69, 9.17) is 0 Å². The molecule has 5 nitrogen and oxygen atoms in total. The topological polar surface area (TPSA) is 55.2 Å². The summed E-state index contributed by atoms with van der Waals surface area (Å²) in [6.07, 6.45) is 2.66. The Morgan fingerprint density at radius 1 is 1.20 bits per heavy atom. The zero-order chi connectivity index (χ0) is 14.3. The van der Waals surface area contributed by atoms with Crippen LogP contribution < -0.4 is 4.90 Å². The fraction of sp³-hybridized carbons (Fsp3) is 0.267. The molecule has 1 aromatic carbocycles. The predicted molar refractivity (Wildman–Crippen MR) is 74.5 cm³/mol. The van der Waals surface area contributed by atoms with Crippen molar-refractivity contribution in [3.8, 4) is 0 Å². The van der Waals surface area contributed by atoms with Gasteiger partial charge in [-0.1, -0.05) is 13.0 Å². The maximum Gasteiger partial charge on any atom is 0.299 e. The maximum atomic E-state index is 12.1. The number of aryl methyl sites for hydroxylation is 2. The molecule has 0 saturated heterocycles. The summed E-state index contributed by atoms with van der Waals surface area (Å²) in [5.41, 5.74) is 3.01. The van der Waals surface area contributed by atoms with Gasteiger partial charge in [-0.2, -0.15) is 5.10 Å². The molecule has 0 unspecified atom stereocenters. The lowest BCUT2D eigenvalue weighted by atomic mass is 10.1. The maximum absolute atomic E-state index is 12.1. The van der Waals surface area contributed by atoms with E-state index in [0.717, 1.165) is 17.7 Å². The normalized spacial score (nSPS) is 14.0. The Morgan fingerprint density at radius 2 is 2.00 bits per heavy atom. The van der Waals surface area contributed by atoms with Crippen LogP contribution in [0.1, 0.15) is 28.5 Å². The van der Waals surface area contributed by atoms with E-state index in [0.29, 0.717) is 17.8 Å². The fourth-order valence-corrected chi connectivity index (χ4v) is 2.43. The van der Waals surface area contributed by atoms with Gasteiger partial charge < -0.3 is 0 Å². The van der Waals surface area contributed by atoms with Crippen LogP contribution in [-0.2, 0) is 24.8 Å². The van der Waals surface area contributed by atoms with E-state index < -0.39 is 11.7 Å².